The lowest BCUT2D eigenvalue weighted by molar-refractivity contribution is -0.146. The van der Waals surface area contributed by atoms with E-state index in [4.69, 9.17) is 9.47 Å². The fourth-order valence-electron chi connectivity index (χ4n) is 1.24. The number of Topliss-reactive ketones (excluding diaryl/α,β-unsaturated/α-hetero) is 1. The maximum absolute atomic E-state index is 11.2. The van der Waals surface area contributed by atoms with E-state index in [1.165, 1.54) is 6.92 Å². The zero-order chi connectivity index (χ0) is 12.7. The Kier molecular flexibility index (Phi) is 5.20. The number of rotatable bonds is 6. The van der Waals surface area contributed by atoms with Crippen molar-refractivity contribution < 1.29 is 19.1 Å². The molecule has 1 aromatic rings. The Morgan fingerprint density at radius 3 is 2.29 bits per heavy atom. The fourth-order valence-corrected chi connectivity index (χ4v) is 1.24. The molecule has 0 aliphatic carbocycles. The maximum Gasteiger partial charge on any atom is 0.306 e. The van der Waals surface area contributed by atoms with Gasteiger partial charge in [-0.2, -0.15) is 0 Å². The van der Waals surface area contributed by atoms with Crippen molar-refractivity contribution in [3.63, 3.8) is 0 Å². The Morgan fingerprint density at radius 1 is 1.12 bits per heavy atom. The van der Waals surface area contributed by atoms with Gasteiger partial charge >= 0.3 is 5.97 Å². The first-order valence-corrected chi connectivity index (χ1v) is 5.40. The van der Waals surface area contributed by atoms with Crippen molar-refractivity contribution in [1.82, 2.24) is 0 Å². The van der Waals surface area contributed by atoms with Crippen LogP contribution in [0.2, 0.25) is 0 Å². The molecule has 1 aromatic carbocycles. The van der Waals surface area contributed by atoms with Crippen LogP contribution in [0.1, 0.15) is 25.3 Å². The lowest BCUT2D eigenvalue weighted by Crippen LogP contribution is -2.06. The summed E-state index contributed by atoms with van der Waals surface area (Å²) in [5, 5.41) is 0. The van der Waals surface area contributed by atoms with Gasteiger partial charge in [0.1, 0.15) is 18.1 Å². The van der Waals surface area contributed by atoms with Gasteiger partial charge in [-0.05, 0) is 24.6 Å². The predicted molar refractivity (Wildman–Crippen MR) is 62.7 cm³/mol. The molecule has 0 fully saturated rings. The number of methoxy groups -OCH3 is 1. The number of ketones is 1. The standard InChI is InChI=1S/C13H16O4/c1-10(14)3-8-13(15)17-9-11-4-6-12(16-2)7-5-11/h4-7H,3,8-9H2,1-2H3. The summed E-state index contributed by atoms with van der Waals surface area (Å²) in [4.78, 5) is 21.9. The van der Waals surface area contributed by atoms with Gasteiger partial charge in [0, 0.05) is 6.42 Å². The molecule has 0 bridgehead atoms. The van der Waals surface area contributed by atoms with E-state index in [9.17, 15) is 9.59 Å². The number of hydrogen-bond donors (Lipinski definition) is 0. The van der Waals surface area contributed by atoms with Gasteiger partial charge in [0.05, 0.1) is 13.5 Å². The fraction of sp³-hybridized carbons (Fsp3) is 0.385. The molecule has 4 heteroatoms. The molecular formula is C13H16O4. The van der Waals surface area contributed by atoms with Crippen molar-refractivity contribution in [2.45, 2.75) is 26.4 Å². The smallest absolute Gasteiger partial charge is 0.306 e. The van der Waals surface area contributed by atoms with Crippen LogP contribution in [-0.2, 0) is 20.9 Å². The van der Waals surface area contributed by atoms with E-state index < -0.39 is 0 Å². The molecule has 0 radical (unpaired) electrons. The largest absolute Gasteiger partial charge is 0.497 e. The number of esters is 1. The van der Waals surface area contributed by atoms with Gasteiger partial charge in [-0.1, -0.05) is 12.1 Å². The summed E-state index contributed by atoms with van der Waals surface area (Å²) < 4.78 is 10.0. The molecule has 0 saturated carbocycles. The van der Waals surface area contributed by atoms with Crippen LogP contribution in [0.25, 0.3) is 0 Å². The monoisotopic (exact) mass is 236 g/mol. The van der Waals surface area contributed by atoms with Gasteiger partial charge in [0.15, 0.2) is 0 Å². The van der Waals surface area contributed by atoms with Gasteiger partial charge in [-0.15, -0.1) is 0 Å². The Labute approximate surface area is 101 Å². The van der Waals surface area contributed by atoms with E-state index in [2.05, 4.69) is 0 Å². The molecule has 0 heterocycles. The summed E-state index contributed by atoms with van der Waals surface area (Å²) in [7, 11) is 1.59. The van der Waals surface area contributed by atoms with Crippen molar-refractivity contribution in [2.24, 2.45) is 0 Å². The van der Waals surface area contributed by atoms with E-state index in [0.29, 0.717) is 0 Å². The summed E-state index contributed by atoms with van der Waals surface area (Å²) >= 11 is 0. The Hall–Kier alpha value is -1.84. The summed E-state index contributed by atoms with van der Waals surface area (Å²) in [6.07, 6.45) is 0.382. The van der Waals surface area contributed by atoms with E-state index in [1.807, 2.05) is 12.1 Å². The van der Waals surface area contributed by atoms with Gasteiger partial charge < -0.3 is 14.3 Å². The second-order valence-corrected chi connectivity index (χ2v) is 3.71. The van der Waals surface area contributed by atoms with E-state index in [1.54, 1.807) is 19.2 Å². The molecule has 0 aliphatic rings. The van der Waals surface area contributed by atoms with Crippen LogP contribution in [0.5, 0.6) is 5.75 Å². The van der Waals surface area contributed by atoms with Crippen LogP contribution in [0, 0.1) is 0 Å². The molecule has 1 rings (SSSR count). The van der Waals surface area contributed by atoms with Crippen LogP contribution < -0.4 is 4.74 Å². The lowest BCUT2D eigenvalue weighted by atomic mass is 10.2. The molecule has 0 aliphatic heterocycles. The first-order chi connectivity index (χ1) is 8.11. The third-order valence-electron chi connectivity index (χ3n) is 2.24. The van der Waals surface area contributed by atoms with Crippen molar-refractivity contribution >= 4 is 11.8 Å². The third kappa shape index (κ3) is 5.15. The number of carbonyl (C=O) groups is 2. The Morgan fingerprint density at radius 2 is 1.76 bits per heavy atom. The maximum atomic E-state index is 11.2. The molecule has 0 aromatic heterocycles. The van der Waals surface area contributed by atoms with Gasteiger partial charge in [-0.3, -0.25) is 4.79 Å². The number of hydrogen-bond acceptors (Lipinski definition) is 4. The molecule has 0 atom stereocenters. The zero-order valence-electron chi connectivity index (χ0n) is 10.1. The first-order valence-electron chi connectivity index (χ1n) is 5.40. The van der Waals surface area contributed by atoms with Crippen LogP contribution in [-0.4, -0.2) is 18.9 Å². The van der Waals surface area contributed by atoms with Crippen LogP contribution in [0.3, 0.4) is 0 Å². The molecule has 0 unspecified atom stereocenters. The molecule has 0 saturated heterocycles. The predicted octanol–water partition coefficient (Wildman–Crippen LogP) is 2.11. The number of carbonyl (C=O) groups excluding carboxylic acids is 2. The van der Waals surface area contributed by atoms with Crippen molar-refractivity contribution in [3.05, 3.63) is 29.8 Å². The minimum Gasteiger partial charge on any atom is -0.497 e. The minimum atomic E-state index is -0.351. The van der Waals surface area contributed by atoms with Crippen LogP contribution in [0.4, 0.5) is 0 Å². The summed E-state index contributed by atoms with van der Waals surface area (Å²) in [6, 6.07) is 7.27. The van der Waals surface area contributed by atoms with E-state index in [0.717, 1.165) is 11.3 Å². The average molecular weight is 236 g/mol. The topological polar surface area (TPSA) is 52.6 Å². The summed E-state index contributed by atoms with van der Waals surface area (Å²) in [5.74, 6) is 0.402. The van der Waals surface area contributed by atoms with Gasteiger partial charge in [0.25, 0.3) is 0 Å². The average Bonchev–Trinajstić information content (AvgIpc) is 2.34. The summed E-state index contributed by atoms with van der Waals surface area (Å²) in [6.45, 7) is 1.68. The third-order valence-corrected chi connectivity index (χ3v) is 2.24. The van der Waals surface area contributed by atoms with Crippen LogP contribution in [0.15, 0.2) is 24.3 Å². The van der Waals surface area contributed by atoms with Crippen molar-refractivity contribution in [2.75, 3.05) is 7.11 Å². The second kappa shape index (κ2) is 6.68. The zero-order valence-corrected chi connectivity index (χ0v) is 10.1. The Balaban J connectivity index is 2.34. The highest BCUT2D eigenvalue weighted by atomic mass is 16.5. The van der Waals surface area contributed by atoms with E-state index >= 15 is 0 Å². The van der Waals surface area contributed by atoms with E-state index in [-0.39, 0.29) is 31.2 Å². The molecular weight excluding hydrogens is 220 g/mol. The number of benzene rings is 1. The first kappa shape index (κ1) is 13.2. The Bertz CT molecular complexity index is 381. The molecule has 0 spiro atoms. The van der Waals surface area contributed by atoms with Crippen LogP contribution >= 0.6 is 0 Å². The highest BCUT2D eigenvalue weighted by Crippen LogP contribution is 2.12. The molecule has 0 amide bonds. The van der Waals surface area contributed by atoms with Crippen molar-refractivity contribution in [3.8, 4) is 5.75 Å². The highest BCUT2D eigenvalue weighted by Gasteiger charge is 2.05. The molecule has 0 N–H and O–H groups in total. The molecule has 92 valence electrons. The molecule has 17 heavy (non-hydrogen) atoms. The summed E-state index contributed by atoms with van der Waals surface area (Å²) in [5.41, 5.74) is 0.891. The SMILES string of the molecule is COc1ccc(COC(=O)CCC(C)=O)cc1. The molecule has 4 nitrogen and oxygen atoms in total. The normalized spacial score (nSPS) is 9.76. The van der Waals surface area contributed by atoms with Gasteiger partial charge in [0.2, 0.25) is 0 Å². The number of ether oxygens (including phenoxy) is 2. The second-order valence-electron chi connectivity index (χ2n) is 3.71. The quantitative estimate of drug-likeness (QED) is 0.710. The van der Waals surface area contributed by atoms with Gasteiger partial charge in [-0.25, -0.2) is 0 Å². The minimum absolute atomic E-state index is 0.00797. The van der Waals surface area contributed by atoms with Crippen molar-refractivity contribution in [1.29, 1.82) is 0 Å². The highest BCUT2D eigenvalue weighted by molar-refractivity contribution is 5.80. The lowest BCUT2D eigenvalue weighted by Gasteiger charge is -2.05.